The molecule has 2 fully saturated rings. The Morgan fingerprint density at radius 3 is 2.75 bits per heavy atom. The summed E-state index contributed by atoms with van der Waals surface area (Å²) in [7, 11) is 1.63. The van der Waals surface area contributed by atoms with Crippen molar-refractivity contribution in [2.24, 2.45) is 5.92 Å². The van der Waals surface area contributed by atoms with Crippen LogP contribution in [0.2, 0.25) is 0 Å². The monoisotopic (exact) mass is 389 g/mol. The second-order valence-corrected chi connectivity index (χ2v) is 7.54. The van der Waals surface area contributed by atoms with Gasteiger partial charge in [0.05, 0.1) is 20.1 Å². The molecule has 0 saturated carbocycles. The van der Waals surface area contributed by atoms with Gasteiger partial charge in [0.25, 0.3) is 0 Å². The van der Waals surface area contributed by atoms with Gasteiger partial charge in [-0.3, -0.25) is 14.4 Å². The Morgan fingerprint density at radius 1 is 1.21 bits per heavy atom. The summed E-state index contributed by atoms with van der Waals surface area (Å²) in [5.41, 5.74) is 0.961. The summed E-state index contributed by atoms with van der Waals surface area (Å²) >= 11 is 0. The number of rotatable bonds is 8. The first-order valence-corrected chi connectivity index (χ1v) is 10.2. The highest BCUT2D eigenvalue weighted by molar-refractivity contribution is 5.78. The van der Waals surface area contributed by atoms with Crippen LogP contribution in [0.5, 0.6) is 5.75 Å². The number of piperidine rings is 1. The standard InChI is InChI=1S/C21H31N3O4/c1-27-19-7-5-17(6-8-19)14-20(25)22-15-18-4-2-10-23(16-18)21(26)9-12-24-11-3-13-28-24/h5-8,18H,2-4,9-16H2,1H3,(H,22,25). The average molecular weight is 389 g/mol. The number of benzene rings is 1. The van der Waals surface area contributed by atoms with E-state index in [-0.39, 0.29) is 11.8 Å². The number of carbonyl (C=O) groups is 2. The van der Waals surface area contributed by atoms with Gasteiger partial charge in [-0.2, -0.15) is 5.06 Å². The van der Waals surface area contributed by atoms with Crippen molar-refractivity contribution in [2.75, 3.05) is 46.4 Å². The summed E-state index contributed by atoms with van der Waals surface area (Å²) in [5.74, 6) is 1.30. The van der Waals surface area contributed by atoms with Crippen LogP contribution < -0.4 is 10.1 Å². The van der Waals surface area contributed by atoms with Crippen LogP contribution in [0.15, 0.2) is 24.3 Å². The van der Waals surface area contributed by atoms with Gasteiger partial charge < -0.3 is 15.0 Å². The van der Waals surface area contributed by atoms with Crippen molar-refractivity contribution >= 4 is 11.8 Å². The fourth-order valence-corrected chi connectivity index (χ4v) is 3.76. The van der Waals surface area contributed by atoms with Crippen molar-refractivity contribution in [1.82, 2.24) is 15.3 Å². The molecule has 1 atom stereocenters. The molecule has 3 rings (SSSR count). The van der Waals surface area contributed by atoms with Gasteiger partial charge in [-0.25, -0.2) is 0 Å². The summed E-state index contributed by atoms with van der Waals surface area (Å²) < 4.78 is 5.13. The predicted molar refractivity (Wildman–Crippen MR) is 106 cm³/mol. The highest BCUT2D eigenvalue weighted by atomic mass is 16.7. The van der Waals surface area contributed by atoms with Gasteiger partial charge in [0.2, 0.25) is 11.8 Å². The van der Waals surface area contributed by atoms with Gasteiger partial charge >= 0.3 is 0 Å². The maximum absolute atomic E-state index is 12.5. The molecule has 1 aromatic rings. The van der Waals surface area contributed by atoms with Gasteiger partial charge in [0.1, 0.15) is 5.75 Å². The van der Waals surface area contributed by atoms with E-state index in [1.54, 1.807) is 7.11 Å². The topological polar surface area (TPSA) is 71.1 Å². The summed E-state index contributed by atoms with van der Waals surface area (Å²) in [6.07, 6.45) is 3.93. The van der Waals surface area contributed by atoms with E-state index in [1.165, 1.54) is 0 Å². The molecule has 2 saturated heterocycles. The maximum Gasteiger partial charge on any atom is 0.224 e. The van der Waals surface area contributed by atoms with E-state index in [9.17, 15) is 9.59 Å². The second kappa shape index (κ2) is 10.4. The lowest BCUT2D eigenvalue weighted by Gasteiger charge is -2.33. The van der Waals surface area contributed by atoms with Crippen LogP contribution in [0, 0.1) is 5.92 Å². The molecule has 7 heteroatoms. The molecule has 1 N–H and O–H groups in total. The van der Waals surface area contributed by atoms with E-state index in [0.717, 1.165) is 56.8 Å². The van der Waals surface area contributed by atoms with Crippen LogP contribution in [0.1, 0.15) is 31.2 Å². The number of carbonyl (C=O) groups excluding carboxylic acids is 2. The lowest BCUT2D eigenvalue weighted by atomic mass is 9.97. The molecule has 1 unspecified atom stereocenters. The van der Waals surface area contributed by atoms with E-state index in [2.05, 4.69) is 5.32 Å². The van der Waals surface area contributed by atoms with Gasteiger partial charge in [0, 0.05) is 39.1 Å². The third-order valence-corrected chi connectivity index (χ3v) is 5.38. The largest absolute Gasteiger partial charge is 0.497 e. The summed E-state index contributed by atoms with van der Waals surface area (Å²) in [6, 6.07) is 7.54. The Balaban J connectivity index is 1.37. The Kier molecular flexibility index (Phi) is 7.68. The quantitative estimate of drug-likeness (QED) is 0.732. The zero-order chi connectivity index (χ0) is 19.8. The highest BCUT2D eigenvalue weighted by Crippen LogP contribution is 2.17. The SMILES string of the molecule is COc1ccc(CC(=O)NCC2CCCN(C(=O)CCN3CCCO3)C2)cc1. The molecule has 0 spiro atoms. The molecule has 0 aromatic heterocycles. The van der Waals surface area contributed by atoms with Crippen molar-refractivity contribution in [1.29, 1.82) is 0 Å². The molecule has 2 amide bonds. The van der Waals surface area contributed by atoms with E-state index in [4.69, 9.17) is 9.57 Å². The van der Waals surface area contributed by atoms with Crippen LogP contribution in [-0.2, 0) is 20.8 Å². The third-order valence-electron chi connectivity index (χ3n) is 5.38. The highest BCUT2D eigenvalue weighted by Gasteiger charge is 2.24. The first kappa shape index (κ1) is 20.6. The van der Waals surface area contributed by atoms with Crippen molar-refractivity contribution < 1.29 is 19.2 Å². The summed E-state index contributed by atoms with van der Waals surface area (Å²) in [5, 5.41) is 4.92. The number of nitrogens with one attached hydrogen (secondary N) is 1. The molecular formula is C21H31N3O4. The van der Waals surface area contributed by atoms with Crippen LogP contribution in [0.25, 0.3) is 0 Å². The van der Waals surface area contributed by atoms with Crippen molar-refractivity contribution in [3.8, 4) is 5.75 Å². The van der Waals surface area contributed by atoms with Crippen LogP contribution in [0.3, 0.4) is 0 Å². The minimum Gasteiger partial charge on any atom is -0.497 e. The van der Waals surface area contributed by atoms with E-state index in [1.807, 2.05) is 34.2 Å². The molecule has 0 radical (unpaired) electrons. The molecule has 1 aromatic carbocycles. The van der Waals surface area contributed by atoms with Crippen molar-refractivity contribution in [3.05, 3.63) is 29.8 Å². The average Bonchev–Trinajstić information content (AvgIpc) is 3.25. The number of methoxy groups -OCH3 is 1. The lowest BCUT2D eigenvalue weighted by Crippen LogP contribution is -2.44. The van der Waals surface area contributed by atoms with Gasteiger partial charge in [-0.15, -0.1) is 0 Å². The van der Waals surface area contributed by atoms with Crippen LogP contribution in [-0.4, -0.2) is 68.2 Å². The normalized spacial score (nSPS) is 20.2. The van der Waals surface area contributed by atoms with Gasteiger partial charge in [0.15, 0.2) is 0 Å². The molecule has 154 valence electrons. The molecule has 2 heterocycles. The smallest absolute Gasteiger partial charge is 0.224 e. The molecule has 2 aliphatic rings. The number of nitrogens with zero attached hydrogens (tertiary/aromatic N) is 2. The van der Waals surface area contributed by atoms with Crippen LogP contribution >= 0.6 is 0 Å². The Hall–Kier alpha value is -2.12. The maximum atomic E-state index is 12.5. The second-order valence-electron chi connectivity index (χ2n) is 7.54. The molecule has 7 nitrogen and oxygen atoms in total. The first-order chi connectivity index (χ1) is 13.6. The number of ether oxygens (including phenoxy) is 1. The molecule has 0 aliphatic carbocycles. The van der Waals surface area contributed by atoms with Crippen LogP contribution in [0.4, 0.5) is 0 Å². The predicted octanol–water partition coefficient (Wildman–Crippen LogP) is 1.62. The van der Waals surface area contributed by atoms with Gasteiger partial charge in [-0.1, -0.05) is 12.1 Å². The minimum atomic E-state index is 0.0137. The first-order valence-electron chi connectivity index (χ1n) is 10.2. The molecule has 0 bridgehead atoms. The zero-order valence-corrected chi connectivity index (χ0v) is 16.7. The molecule has 2 aliphatic heterocycles. The number of hydroxylamine groups is 2. The fourth-order valence-electron chi connectivity index (χ4n) is 3.76. The molecule has 28 heavy (non-hydrogen) atoms. The Morgan fingerprint density at radius 2 is 2.04 bits per heavy atom. The summed E-state index contributed by atoms with van der Waals surface area (Å²) in [6.45, 7) is 4.50. The Labute approximate surface area is 166 Å². The number of hydrogen-bond donors (Lipinski definition) is 1. The number of amides is 2. The van der Waals surface area contributed by atoms with Gasteiger partial charge in [-0.05, 0) is 42.9 Å². The van der Waals surface area contributed by atoms with E-state index < -0.39 is 0 Å². The van der Waals surface area contributed by atoms with E-state index in [0.29, 0.717) is 31.8 Å². The van der Waals surface area contributed by atoms with E-state index >= 15 is 0 Å². The third kappa shape index (κ3) is 6.21. The van der Waals surface area contributed by atoms with Crippen molar-refractivity contribution in [3.63, 3.8) is 0 Å². The lowest BCUT2D eigenvalue weighted by molar-refractivity contribution is -0.140. The zero-order valence-electron chi connectivity index (χ0n) is 16.7. The molecular weight excluding hydrogens is 358 g/mol. The Bertz CT molecular complexity index is 644. The number of likely N-dealkylation sites (tertiary alicyclic amines) is 1. The van der Waals surface area contributed by atoms with Crippen molar-refractivity contribution in [2.45, 2.75) is 32.1 Å². The number of hydrogen-bond acceptors (Lipinski definition) is 5. The minimum absolute atomic E-state index is 0.0137. The fraction of sp³-hybridized carbons (Fsp3) is 0.619. The summed E-state index contributed by atoms with van der Waals surface area (Å²) in [4.78, 5) is 32.1.